The maximum absolute atomic E-state index is 12.5. The summed E-state index contributed by atoms with van der Waals surface area (Å²) in [6.45, 7) is 7.90. The molecular formula is C20H25NO2. The van der Waals surface area contributed by atoms with Gasteiger partial charge in [-0.2, -0.15) is 0 Å². The highest BCUT2D eigenvalue weighted by atomic mass is 16.5. The number of rotatable bonds is 6. The van der Waals surface area contributed by atoms with Crippen LogP contribution < -0.4 is 10.1 Å². The molecule has 0 aliphatic rings. The lowest BCUT2D eigenvalue weighted by molar-refractivity contribution is -0.128. The van der Waals surface area contributed by atoms with Crippen molar-refractivity contribution in [3.05, 3.63) is 65.2 Å². The predicted molar refractivity (Wildman–Crippen MR) is 93.6 cm³/mol. The molecule has 2 aromatic carbocycles. The molecule has 0 fully saturated rings. The minimum absolute atomic E-state index is 0.00774. The molecule has 0 saturated carbocycles. The molecule has 0 aliphatic carbocycles. The molecule has 1 N–H and O–H groups in total. The van der Waals surface area contributed by atoms with Crippen LogP contribution >= 0.6 is 0 Å². The second kappa shape index (κ2) is 7.82. The van der Waals surface area contributed by atoms with Crippen molar-refractivity contribution < 1.29 is 9.53 Å². The van der Waals surface area contributed by atoms with Crippen LogP contribution in [0.1, 0.15) is 43.0 Å². The molecule has 0 bridgehead atoms. The first-order valence-electron chi connectivity index (χ1n) is 8.11. The van der Waals surface area contributed by atoms with Crippen LogP contribution in [0.4, 0.5) is 0 Å². The fourth-order valence-corrected chi connectivity index (χ4v) is 2.49. The molecule has 0 radical (unpaired) electrons. The first kappa shape index (κ1) is 17.1. The van der Waals surface area contributed by atoms with Crippen molar-refractivity contribution in [1.82, 2.24) is 5.32 Å². The summed E-state index contributed by atoms with van der Waals surface area (Å²) in [6, 6.07) is 15.9. The van der Waals surface area contributed by atoms with Crippen LogP contribution in [0.25, 0.3) is 0 Å². The van der Waals surface area contributed by atoms with E-state index in [9.17, 15) is 4.79 Å². The lowest BCUT2D eigenvalue weighted by atomic mass is 10.0. The number of benzene rings is 2. The monoisotopic (exact) mass is 311 g/mol. The van der Waals surface area contributed by atoms with Crippen molar-refractivity contribution in [3.8, 4) is 5.75 Å². The first-order chi connectivity index (χ1) is 11.0. The van der Waals surface area contributed by atoms with Gasteiger partial charge in [-0.25, -0.2) is 0 Å². The van der Waals surface area contributed by atoms with E-state index in [1.807, 2.05) is 62.4 Å². The number of amides is 1. The zero-order valence-corrected chi connectivity index (χ0v) is 14.3. The van der Waals surface area contributed by atoms with Crippen LogP contribution in [0.2, 0.25) is 0 Å². The SMILES string of the molecule is CC[C@H](NC(=O)[C@@H](C)Oc1cccc(C)c1C)c1ccccc1. The lowest BCUT2D eigenvalue weighted by Crippen LogP contribution is -2.38. The van der Waals surface area contributed by atoms with Crippen molar-refractivity contribution in [2.24, 2.45) is 0 Å². The van der Waals surface area contributed by atoms with E-state index in [4.69, 9.17) is 4.74 Å². The molecule has 0 aromatic heterocycles. The molecule has 1 amide bonds. The van der Waals surface area contributed by atoms with Crippen LogP contribution in [0, 0.1) is 13.8 Å². The highest BCUT2D eigenvalue weighted by Crippen LogP contribution is 2.22. The number of hydrogen-bond donors (Lipinski definition) is 1. The summed E-state index contributed by atoms with van der Waals surface area (Å²) in [5.41, 5.74) is 3.34. The van der Waals surface area contributed by atoms with E-state index >= 15 is 0 Å². The minimum Gasteiger partial charge on any atom is -0.481 e. The molecule has 23 heavy (non-hydrogen) atoms. The summed E-state index contributed by atoms with van der Waals surface area (Å²) in [7, 11) is 0. The van der Waals surface area contributed by atoms with Crippen molar-refractivity contribution in [3.63, 3.8) is 0 Å². The summed E-state index contributed by atoms with van der Waals surface area (Å²) >= 11 is 0. The van der Waals surface area contributed by atoms with Gasteiger partial charge in [0.1, 0.15) is 5.75 Å². The van der Waals surface area contributed by atoms with Crippen molar-refractivity contribution in [1.29, 1.82) is 0 Å². The Morgan fingerprint density at radius 3 is 2.43 bits per heavy atom. The molecule has 2 atom stereocenters. The second-order valence-electron chi connectivity index (χ2n) is 5.84. The minimum atomic E-state index is -0.534. The first-order valence-corrected chi connectivity index (χ1v) is 8.11. The quantitative estimate of drug-likeness (QED) is 0.862. The van der Waals surface area contributed by atoms with Gasteiger partial charge in [0.15, 0.2) is 6.10 Å². The van der Waals surface area contributed by atoms with Crippen molar-refractivity contribution in [2.75, 3.05) is 0 Å². The molecule has 0 aliphatic heterocycles. The lowest BCUT2D eigenvalue weighted by Gasteiger charge is -2.22. The number of ether oxygens (including phenoxy) is 1. The zero-order valence-electron chi connectivity index (χ0n) is 14.3. The smallest absolute Gasteiger partial charge is 0.261 e. The number of nitrogens with one attached hydrogen (secondary N) is 1. The Kier molecular flexibility index (Phi) is 5.80. The van der Waals surface area contributed by atoms with Gasteiger partial charge in [-0.1, -0.05) is 49.4 Å². The third-order valence-electron chi connectivity index (χ3n) is 4.15. The predicted octanol–water partition coefficient (Wildman–Crippen LogP) is 4.34. The van der Waals surface area contributed by atoms with Gasteiger partial charge in [0.05, 0.1) is 6.04 Å². The Hall–Kier alpha value is -2.29. The van der Waals surface area contributed by atoms with Gasteiger partial charge in [-0.05, 0) is 49.9 Å². The Bertz CT molecular complexity index is 652. The number of hydrogen-bond acceptors (Lipinski definition) is 2. The summed E-state index contributed by atoms with van der Waals surface area (Å²) in [4.78, 5) is 12.5. The molecule has 0 saturated heterocycles. The molecule has 122 valence electrons. The molecule has 2 rings (SSSR count). The third-order valence-corrected chi connectivity index (χ3v) is 4.15. The van der Waals surface area contributed by atoms with Crippen LogP contribution in [0.15, 0.2) is 48.5 Å². The van der Waals surface area contributed by atoms with Crippen LogP contribution in [0.3, 0.4) is 0 Å². The van der Waals surface area contributed by atoms with Crippen LogP contribution in [-0.4, -0.2) is 12.0 Å². The normalized spacial score (nSPS) is 13.2. The maximum Gasteiger partial charge on any atom is 0.261 e. The van der Waals surface area contributed by atoms with Crippen LogP contribution in [-0.2, 0) is 4.79 Å². The van der Waals surface area contributed by atoms with Gasteiger partial charge in [-0.15, -0.1) is 0 Å². The number of carbonyl (C=O) groups excluding carboxylic acids is 1. The van der Waals surface area contributed by atoms with Crippen molar-refractivity contribution in [2.45, 2.75) is 46.3 Å². The number of aryl methyl sites for hydroxylation is 1. The molecule has 0 heterocycles. The Morgan fingerprint density at radius 1 is 1.09 bits per heavy atom. The fourth-order valence-electron chi connectivity index (χ4n) is 2.49. The highest BCUT2D eigenvalue weighted by Gasteiger charge is 2.19. The third kappa shape index (κ3) is 4.35. The van der Waals surface area contributed by atoms with E-state index in [1.54, 1.807) is 6.92 Å². The molecule has 2 aromatic rings. The van der Waals surface area contributed by atoms with E-state index in [0.717, 1.165) is 28.9 Å². The Morgan fingerprint density at radius 2 is 1.78 bits per heavy atom. The maximum atomic E-state index is 12.5. The molecule has 0 spiro atoms. The topological polar surface area (TPSA) is 38.3 Å². The van der Waals surface area contributed by atoms with Gasteiger partial charge in [0, 0.05) is 0 Å². The summed E-state index contributed by atoms with van der Waals surface area (Å²) < 4.78 is 5.86. The van der Waals surface area contributed by atoms with E-state index in [0.29, 0.717) is 0 Å². The fraction of sp³-hybridized carbons (Fsp3) is 0.350. The van der Waals surface area contributed by atoms with Gasteiger partial charge in [0.2, 0.25) is 0 Å². The van der Waals surface area contributed by atoms with Gasteiger partial charge < -0.3 is 10.1 Å². The van der Waals surface area contributed by atoms with Crippen molar-refractivity contribution >= 4 is 5.91 Å². The highest BCUT2D eigenvalue weighted by molar-refractivity contribution is 5.81. The average Bonchev–Trinajstić information content (AvgIpc) is 2.57. The summed E-state index contributed by atoms with van der Waals surface area (Å²) in [5.74, 6) is 0.669. The van der Waals surface area contributed by atoms with E-state index < -0.39 is 6.10 Å². The Labute approximate surface area is 138 Å². The van der Waals surface area contributed by atoms with Gasteiger partial charge in [0.25, 0.3) is 5.91 Å². The molecule has 3 nitrogen and oxygen atoms in total. The molecule has 0 unspecified atom stereocenters. The average molecular weight is 311 g/mol. The van der Waals surface area contributed by atoms with Gasteiger partial charge >= 0.3 is 0 Å². The Balaban J connectivity index is 2.03. The molecular weight excluding hydrogens is 286 g/mol. The zero-order chi connectivity index (χ0) is 16.8. The van der Waals surface area contributed by atoms with E-state index in [-0.39, 0.29) is 11.9 Å². The second-order valence-corrected chi connectivity index (χ2v) is 5.84. The molecule has 3 heteroatoms. The van der Waals surface area contributed by atoms with Crippen LogP contribution in [0.5, 0.6) is 5.75 Å². The largest absolute Gasteiger partial charge is 0.481 e. The summed E-state index contributed by atoms with van der Waals surface area (Å²) in [6.07, 6.45) is 0.305. The van der Waals surface area contributed by atoms with E-state index in [1.165, 1.54) is 0 Å². The summed E-state index contributed by atoms with van der Waals surface area (Å²) in [5, 5.41) is 3.07. The number of carbonyl (C=O) groups is 1. The van der Waals surface area contributed by atoms with E-state index in [2.05, 4.69) is 12.2 Å². The standard InChI is InChI=1S/C20H25NO2/c1-5-18(17-11-7-6-8-12-17)21-20(22)16(4)23-19-13-9-10-14(2)15(19)3/h6-13,16,18H,5H2,1-4H3,(H,21,22)/t16-,18+/m1/s1. The van der Waals surface area contributed by atoms with Gasteiger partial charge in [-0.3, -0.25) is 4.79 Å².